The molecule has 1 heterocycles. The van der Waals surface area contributed by atoms with Crippen molar-refractivity contribution in [2.24, 2.45) is 5.92 Å². The van der Waals surface area contributed by atoms with Gasteiger partial charge in [-0.15, -0.1) is 0 Å². The van der Waals surface area contributed by atoms with Crippen LogP contribution in [0.15, 0.2) is 48.5 Å². The number of carbonyl (C=O) groups excluding carboxylic acids is 1. The number of nitrogens with zero attached hydrogens (tertiary/aromatic N) is 1. The van der Waals surface area contributed by atoms with Gasteiger partial charge in [-0.25, -0.2) is 12.7 Å². The standard InChI is InChI=1S/C21H25ClN2O4S/c1-28-20-7-3-4-16(13-20)14-23-21(25)18-8-10-24(11-9-18)29(26,27)15-17-5-2-6-19(22)12-17/h2-7,12-13,18H,8-11,14-15H2,1H3,(H,23,25). The molecule has 1 N–H and O–H groups in total. The average molecular weight is 437 g/mol. The number of benzene rings is 2. The van der Waals surface area contributed by atoms with Gasteiger partial charge in [0.15, 0.2) is 0 Å². The van der Waals surface area contributed by atoms with Crippen molar-refractivity contribution < 1.29 is 17.9 Å². The first-order valence-electron chi connectivity index (χ1n) is 9.50. The first-order valence-corrected chi connectivity index (χ1v) is 11.5. The monoisotopic (exact) mass is 436 g/mol. The van der Waals surface area contributed by atoms with Crippen molar-refractivity contribution in [2.75, 3.05) is 20.2 Å². The van der Waals surface area contributed by atoms with Crippen LogP contribution in [0.1, 0.15) is 24.0 Å². The summed E-state index contributed by atoms with van der Waals surface area (Å²) in [7, 11) is -1.83. The highest BCUT2D eigenvalue weighted by atomic mass is 35.5. The third-order valence-electron chi connectivity index (χ3n) is 5.06. The second kappa shape index (κ2) is 9.61. The Bertz CT molecular complexity index is 957. The van der Waals surface area contributed by atoms with Crippen LogP contribution in [0.5, 0.6) is 5.75 Å². The van der Waals surface area contributed by atoms with Crippen molar-refractivity contribution in [1.29, 1.82) is 0 Å². The molecular formula is C21H25ClN2O4S. The number of ether oxygens (including phenoxy) is 1. The fraction of sp³-hybridized carbons (Fsp3) is 0.381. The lowest BCUT2D eigenvalue weighted by molar-refractivity contribution is -0.126. The van der Waals surface area contributed by atoms with E-state index < -0.39 is 10.0 Å². The number of rotatable bonds is 7. The third kappa shape index (κ3) is 5.95. The first kappa shape index (κ1) is 21.6. The molecule has 1 saturated heterocycles. The molecule has 1 amide bonds. The van der Waals surface area contributed by atoms with Crippen molar-refractivity contribution in [3.8, 4) is 5.75 Å². The van der Waals surface area contributed by atoms with Gasteiger partial charge in [0, 0.05) is 30.6 Å². The van der Waals surface area contributed by atoms with Gasteiger partial charge < -0.3 is 10.1 Å². The third-order valence-corrected chi connectivity index (χ3v) is 7.14. The zero-order valence-electron chi connectivity index (χ0n) is 16.3. The Balaban J connectivity index is 1.50. The maximum absolute atomic E-state index is 12.7. The number of piperidine rings is 1. The van der Waals surface area contributed by atoms with Gasteiger partial charge in [-0.3, -0.25) is 4.79 Å². The van der Waals surface area contributed by atoms with Gasteiger partial charge in [-0.1, -0.05) is 35.9 Å². The highest BCUT2D eigenvalue weighted by molar-refractivity contribution is 7.88. The number of carbonyl (C=O) groups is 1. The lowest BCUT2D eigenvalue weighted by atomic mass is 9.97. The van der Waals surface area contributed by atoms with E-state index >= 15 is 0 Å². The van der Waals surface area contributed by atoms with Gasteiger partial charge in [-0.2, -0.15) is 0 Å². The molecule has 8 heteroatoms. The van der Waals surface area contributed by atoms with Crippen LogP contribution in [-0.2, 0) is 27.1 Å². The Morgan fingerprint density at radius 2 is 1.83 bits per heavy atom. The van der Waals surface area contributed by atoms with E-state index in [4.69, 9.17) is 16.3 Å². The normalized spacial score (nSPS) is 15.8. The molecule has 29 heavy (non-hydrogen) atoms. The molecule has 0 atom stereocenters. The molecule has 1 fully saturated rings. The molecule has 0 aromatic heterocycles. The summed E-state index contributed by atoms with van der Waals surface area (Å²) in [5.41, 5.74) is 1.62. The molecule has 2 aromatic carbocycles. The van der Waals surface area contributed by atoms with Gasteiger partial charge in [0.2, 0.25) is 15.9 Å². The summed E-state index contributed by atoms with van der Waals surface area (Å²) in [6, 6.07) is 14.4. The molecule has 0 radical (unpaired) electrons. The zero-order valence-corrected chi connectivity index (χ0v) is 17.9. The molecule has 0 aliphatic carbocycles. The van der Waals surface area contributed by atoms with Crippen molar-refractivity contribution in [2.45, 2.75) is 25.1 Å². The highest BCUT2D eigenvalue weighted by Gasteiger charge is 2.31. The highest BCUT2D eigenvalue weighted by Crippen LogP contribution is 2.23. The molecule has 0 saturated carbocycles. The lowest BCUT2D eigenvalue weighted by Gasteiger charge is -2.30. The largest absolute Gasteiger partial charge is 0.497 e. The summed E-state index contributed by atoms with van der Waals surface area (Å²) in [6.07, 6.45) is 1.03. The molecule has 1 aliphatic rings. The molecule has 6 nitrogen and oxygen atoms in total. The molecular weight excluding hydrogens is 412 g/mol. The van der Waals surface area contributed by atoms with Crippen molar-refractivity contribution in [3.05, 3.63) is 64.7 Å². The maximum atomic E-state index is 12.7. The number of hydrogen-bond acceptors (Lipinski definition) is 4. The predicted octanol–water partition coefficient (Wildman–Crippen LogP) is 3.21. The number of methoxy groups -OCH3 is 1. The fourth-order valence-corrected chi connectivity index (χ4v) is 5.20. The van der Waals surface area contributed by atoms with Crippen LogP contribution in [-0.4, -0.2) is 38.8 Å². The van der Waals surface area contributed by atoms with Crippen LogP contribution in [0.4, 0.5) is 0 Å². The molecule has 0 bridgehead atoms. The Labute approximate surface area is 176 Å². The van der Waals surface area contributed by atoms with E-state index in [1.165, 1.54) is 4.31 Å². The van der Waals surface area contributed by atoms with Crippen LogP contribution in [0.3, 0.4) is 0 Å². The smallest absolute Gasteiger partial charge is 0.223 e. The molecule has 2 aromatic rings. The summed E-state index contributed by atoms with van der Waals surface area (Å²) in [6.45, 7) is 1.11. The lowest BCUT2D eigenvalue weighted by Crippen LogP contribution is -2.43. The van der Waals surface area contributed by atoms with E-state index in [-0.39, 0.29) is 17.6 Å². The van der Waals surface area contributed by atoms with Crippen molar-refractivity contribution >= 4 is 27.5 Å². The predicted molar refractivity (Wildman–Crippen MR) is 113 cm³/mol. The van der Waals surface area contributed by atoms with E-state index in [1.807, 2.05) is 24.3 Å². The summed E-state index contributed by atoms with van der Waals surface area (Å²) in [5.74, 6) is 0.438. The average Bonchev–Trinajstić information content (AvgIpc) is 2.72. The minimum absolute atomic E-state index is 0.0419. The summed E-state index contributed by atoms with van der Waals surface area (Å²) in [4.78, 5) is 12.5. The number of amides is 1. The second-order valence-corrected chi connectivity index (χ2v) is 9.53. The number of hydrogen-bond donors (Lipinski definition) is 1. The number of halogens is 1. The second-order valence-electron chi connectivity index (χ2n) is 7.13. The van der Waals surface area contributed by atoms with E-state index in [9.17, 15) is 13.2 Å². The summed E-state index contributed by atoms with van der Waals surface area (Å²) >= 11 is 5.94. The van der Waals surface area contributed by atoms with Crippen molar-refractivity contribution in [3.63, 3.8) is 0 Å². The summed E-state index contributed by atoms with van der Waals surface area (Å²) < 4.78 is 32.0. The van der Waals surface area contributed by atoms with E-state index in [1.54, 1.807) is 31.4 Å². The number of sulfonamides is 1. The quantitative estimate of drug-likeness (QED) is 0.723. The Morgan fingerprint density at radius 1 is 1.14 bits per heavy atom. The zero-order chi connectivity index (χ0) is 20.9. The van der Waals surface area contributed by atoms with Gasteiger partial charge >= 0.3 is 0 Å². The summed E-state index contributed by atoms with van der Waals surface area (Å²) in [5, 5.41) is 3.46. The SMILES string of the molecule is COc1cccc(CNC(=O)C2CCN(S(=O)(=O)Cc3cccc(Cl)c3)CC2)c1. The van der Waals surface area contributed by atoms with Crippen LogP contribution in [0, 0.1) is 5.92 Å². The Kier molecular flexibility index (Phi) is 7.16. The molecule has 0 unspecified atom stereocenters. The fourth-order valence-electron chi connectivity index (χ4n) is 3.44. The topological polar surface area (TPSA) is 75.7 Å². The molecule has 1 aliphatic heterocycles. The minimum Gasteiger partial charge on any atom is -0.497 e. The van der Waals surface area contributed by atoms with E-state index in [0.29, 0.717) is 43.1 Å². The van der Waals surface area contributed by atoms with E-state index in [0.717, 1.165) is 11.3 Å². The first-order chi connectivity index (χ1) is 13.9. The van der Waals surface area contributed by atoms with Crippen LogP contribution in [0.2, 0.25) is 5.02 Å². The molecule has 156 valence electrons. The van der Waals surface area contributed by atoms with Crippen LogP contribution >= 0.6 is 11.6 Å². The maximum Gasteiger partial charge on any atom is 0.223 e. The van der Waals surface area contributed by atoms with Gasteiger partial charge in [0.1, 0.15) is 5.75 Å². The minimum atomic E-state index is -3.44. The van der Waals surface area contributed by atoms with E-state index in [2.05, 4.69) is 5.32 Å². The van der Waals surface area contributed by atoms with Gasteiger partial charge in [-0.05, 0) is 48.2 Å². The number of nitrogens with one attached hydrogen (secondary N) is 1. The molecule has 3 rings (SSSR count). The van der Waals surface area contributed by atoms with Crippen LogP contribution < -0.4 is 10.1 Å². The van der Waals surface area contributed by atoms with Crippen LogP contribution in [0.25, 0.3) is 0 Å². The van der Waals surface area contributed by atoms with Gasteiger partial charge in [0.05, 0.1) is 12.9 Å². The van der Waals surface area contributed by atoms with Crippen molar-refractivity contribution in [1.82, 2.24) is 9.62 Å². The Hall–Kier alpha value is -2.09. The molecule has 0 spiro atoms. The van der Waals surface area contributed by atoms with Gasteiger partial charge in [0.25, 0.3) is 0 Å². The Morgan fingerprint density at radius 3 is 2.52 bits per heavy atom.